The van der Waals surface area contributed by atoms with Crippen molar-refractivity contribution in [2.24, 2.45) is 0 Å². The quantitative estimate of drug-likeness (QED) is 0.578. The smallest absolute Gasteiger partial charge is 0.222 e. The number of amides is 1. The van der Waals surface area contributed by atoms with E-state index in [1.165, 1.54) is 5.56 Å². The average Bonchev–Trinajstić information content (AvgIpc) is 3.40. The Balaban J connectivity index is 1.73. The second-order valence-electron chi connectivity index (χ2n) is 7.43. The number of aromatic nitrogens is 1. The molecule has 5 heteroatoms. The Labute approximate surface area is 170 Å². The topological polar surface area (TPSA) is 42.4 Å². The van der Waals surface area contributed by atoms with Crippen LogP contribution in [0.2, 0.25) is 0 Å². The van der Waals surface area contributed by atoms with Crippen molar-refractivity contribution in [1.82, 2.24) is 9.88 Å². The van der Waals surface area contributed by atoms with Gasteiger partial charge in [-0.1, -0.05) is 25.1 Å². The van der Waals surface area contributed by atoms with Crippen molar-refractivity contribution in [3.8, 4) is 10.6 Å². The van der Waals surface area contributed by atoms with Gasteiger partial charge in [0.05, 0.1) is 22.2 Å². The number of carbonyl (C=O) groups is 1. The van der Waals surface area contributed by atoms with Crippen molar-refractivity contribution >= 4 is 28.1 Å². The van der Waals surface area contributed by atoms with Crippen molar-refractivity contribution in [2.45, 2.75) is 45.8 Å². The second kappa shape index (κ2) is 8.41. The molecule has 1 amide bonds. The molecule has 4 nitrogen and oxygen atoms in total. The molecule has 0 spiro atoms. The minimum absolute atomic E-state index is 0.150. The van der Waals surface area contributed by atoms with Crippen molar-refractivity contribution < 1.29 is 9.53 Å². The molecule has 28 heavy (non-hydrogen) atoms. The number of fused-ring (bicyclic) bond motifs is 1. The van der Waals surface area contributed by atoms with E-state index in [4.69, 9.17) is 9.72 Å². The van der Waals surface area contributed by atoms with E-state index in [9.17, 15) is 4.79 Å². The Bertz CT molecular complexity index is 962. The molecular weight excluding hydrogens is 368 g/mol. The average molecular weight is 395 g/mol. The van der Waals surface area contributed by atoms with Gasteiger partial charge >= 0.3 is 0 Å². The highest BCUT2D eigenvalue weighted by Gasteiger charge is 2.23. The minimum atomic E-state index is 0.150. The number of benzene rings is 1. The highest BCUT2D eigenvalue weighted by molar-refractivity contribution is 7.13. The van der Waals surface area contributed by atoms with E-state index >= 15 is 0 Å². The Morgan fingerprint density at radius 1 is 1.32 bits per heavy atom. The fourth-order valence-corrected chi connectivity index (χ4v) is 4.54. The molecule has 0 radical (unpaired) electrons. The summed E-state index contributed by atoms with van der Waals surface area (Å²) in [6.45, 7) is 6.03. The number of hydrogen-bond donors (Lipinski definition) is 0. The van der Waals surface area contributed by atoms with Gasteiger partial charge < -0.3 is 9.64 Å². The fraction of sp³-hybridized carbons (Fsp3) is 0.391. The molecule has 1 saturated heterocycles. The first-order valence-corrected chi connectivity index (χ1v) is 10.9. The summed E-state index contributed by atoms with van der Waals surface area (Å²) >= 11 is 1.69. The number of nitrogens with zero attached hydrogens (tertiary/aromatic N) is 2. The molecule has 0 unspecified atom stereocenters. The van der Waals surface area contributed by atoms with Gasteiger partial charge in [-0.15, -0.1) is 11.3 Å². The van der Waals surface area contributed by atoms with Crippen LogP contribution >= 0.6 is 11.3 Å². The van der Waals surface area contributed by atoms with Crippen molar-refractivity contribution in [3.63, 3.8) is 0 Å². The van der Waals surface area contributed by atoms with Crippen LogP contribution in [0.5, 0.6) is 0 Å². The predicted octanol–water partition coefficient (Wildman–Crippen LogP) is 5.19. The zero-order valence-electron chi connectivity index (χ0n) is 16.5. The monoisotopic (exact) mass is 394 g/mol. The van der Waals surface area contributed by atoms with Crippen LogP contribution < -0.4 is 0 Å². The number of thiophene rings is 1. The van der Waals surface area contributed by atoms with Crippen molar-refractivity contribution in [3.05, 3.63) is 52.9 Å². The lowest BCUT2D eigenvalue weighted by Gasteiger charge is -2.26. The summed E-state index contributed by atoms with van der Waals surface area (Å²) < 4.78 is 5.79. The van der Waals surface area contributed by atoms with Gasteiger partial charge in [-0.05, 0) is 54.5 Å². The number of hydrogen-bond acceptors (Lipinski definition) is 4. The number of rotatable bonds is 6. The van der Waals surface area contributed by atoms with Gasteiger partial charge in [0, 0.05) is 31.5 Å². The van der Waals surface area contributed by atoms with Gasteiger partial charge in [0.1, 0.15) is 0 Å². The molecule has 2 aromatic heterocycles. The van der Waals surface area contributed by atoms with Crippen LogP contribution in [0.25, 0.3) is 21.5 Å². The number of aryl methyl sites for hydroxylation is 1. The summed E-state index contributed by atoms with van der Waals surface area (Å²) in [5.41, 5.74) is 4.28. The van der Waals surface area contributed by atoms with Gasteiger partial charge in [0.2, 0.25) is 5.91 Å². The van der Waals surface area contributed by atoms with Crippen molar-refractivity contribution in [1.29, 1.82) is 0 Å². The Hall–Kier alpha value is -2.24. The van der Waals surface area contributed by atoms with E-state index in [2.05, 4.69) is 42.6 Å². The lowest BCUT2D eigenvalue weighted by atomic mass is 10.1. The van der Waals surface area contributed by atoms with E-state index in [-0.39, 0.29) is 12.0 Å². The zero-order valence-corrected chi connectivity index (χ0v) is 17.3. The van der Waals surface area contributed by atoms with Crippen LogP contribution in [0.1, 0.15) is 37.3 Å². The van der Waals surface area contributed by atoms with Gasteiger partial charge in [-0.25, -0.2) is 4.98 Å². The first-order chi connectivity index (χ1) is 13.6. The van der Waals surface area contributed by atoms with Crippen LogP contribution in [0, 0.1) is 6.92 Å². The molecule has 1 aromatic carbocycles. The molecule has 1 atom stereocenters. The molecule has 3 heterocycles. The Morgan fingerprint density at radius 2 is 2.21 bits per heavy atom. The molecule has 1 fully saturated rings. The lowest BCUT2D eigenvalue weighted by molar-refractivity contribution is -0.133. The summed E-state index contributed by atoms with van der Waals surface area (Å²) in [5, 5.41) is 3.18. The summed E-state index contributed by atoms with van der Waals surface area (Å²) in [6, 6.07) is 12.7. The Kier molecular flexibility index (Phi) is 5.74. The van der Waals surface area contributed by atoms with Crippen LogP contribution in [0.3, 0.4) is 0 Å². The largest absolute Gasteiger partial charge is 0.376 e. The van der Waals surface area contributed by atoms with E-state index in [1.807, 2.05) is 17.9 Å². The number of ether oxygens (including phenoxy) is 1. The molecule has 0 aliphatic carbocycles. The van der Waals surface area contributed by atoms with Crippen LogP contribution in [-0.2, 0) is 16.1 Å². The maximum Gasteiger partial charge on any atom is 0.222 e. The third kappa shape index (κ3) is 4.10. The molecule has 0 N–H and O–H groups in total. The molecular formula is C23H26N2O2S. The van der Waals surface area contributed by atoms with Gasteiger partial charge in [-0.3, -0.25) is 4.79 Å². The zero-order chi connectivity index (χ0) is 19.5. The third-order valence-corrected chi connectivity index (χ3v) is 6.15. The molecule has 1 aliphatic heterocycles. The summed E-state index contributed by atoms with van der Waals surface area (Å²) in [4.78, 5) is 20.7. The van der Waals surface area contributed by atoms with E-state index in [0.717, 1.165) is 46.5 Å². The molecule has 0 bridgehead atoms. The molecule has 4 rings (SSSR count). The number of pyridine rings is 1. The SMILES string of the molecule is CCC(=O)N(Cc1cc2ccc(C)cc2nc1-c1cccs1)C[C@H]1CCCO1. The van der Waals surface area contributed by atoms with Crippen LogP contribution in [0.4, 0.5) is 0 Å². The third-order valence-electron chi connectivity index (χ3n) is 5.27. The van der Waals surface area contributed by atoms with E-state index < -0.39 is 0 Å². The normalized spacial score (nSPS) is 16.6. The second-order valence-corrected chi connectivity index (χ2v) is 8.38. The molecule has 1 aliphatic rings. The fourth-order valence-electron chi connectivity index (χ4n) is 3.79. The molecule has 3 aromatic rings. The Morgan fingerprint density at radius 3 is 2.93 bits per heavy atom. The maximum absolute atomic E-state index is 12.7. The summed E-state index contributed by atoms with van der Waals surface area (Å²) in [6.07, 6.45) is 2.76. The lowest BCUT2D eigenvalue weighted by Crippen LogP contribution is -2.36. The first-order valence-electron chi connectivity index (χ1n) is 9.97. The molecule has 0 saturated carbocycles. The van der Waals surface area contributed by atoms with Gasteiger partial charge in [-0.2, -0.15) is 0 Å². The van der Waals surface area contributed by atoms with E-state index in [0.29, 0.717) is 19.5 Å². The highest BCUT2D eigenvalue weighted by Crippen LogP contribution is 2.31. The summed E-state index contributed by atoms with van der Waals surface area (Å²) in [7, 11) is 0. The first kappa shape index (κ1) is 19.1. The minimum Gasteiger partial charge on any atom is -0.376 e. The maximum atomic E-state index is 12.7. The standard InChI is InChI=1S/C23H26N2O2S/c1-3-22(26)25(15-19-6-4-10-27-19)14-18-13-17-9-8-16(2)12-20(17)24-23(18)21-7-5-11-28-21/h5,7-9,11-13,19H,3-4,6,10,14-15H2,1-2H3/t19-/m1/s1. The van der Waals surface area contributed by atoms with E-state index in [1.54, 1.807) is 11.3 Å². The number of carbonyl (C=O) groups excluding carboxylic acids is 1. The van der Waals surface area contributed by atoms with Gasteiger partial charge in [0.15, 0.2) is 0 Å². The highest BCUT2D eigenvalue weighted by atomic mass is 32.1. The predicted molar refractivity (Wildman–Crippen MR) is 114 cm³/mol. The van der Waals surface area contributed by atoms with Crippen molar-refractivity contribution in [2.75, 3.05) is 13.2 Å². The van der Waals surface area contributed by atoms with Crippen LogP contribution in [-0.4, -0.2) is 35.0 Å². The van der Waals surface area contributed by atoms with Gasteiger partial charge in [0.25, 0.3) is 0 Å². The van der Waals surface area contributed by atoms with Crippen LogP contribution in [0.15, 0.2) is 41.8 Å². The summed E-state index contributed by atoms with van der Waals surface area (Å²) in [5.74, 6) is 0.164. The molecule has 146 valence electrons.